The van der Waals surface area contributed by atoms with Crippen LogP contribution in [0, 0.1) is 5.82 Å². The van der Waals surface area contributed by atoms with Crippen molar-refractivity contribution in [2.75, 3.05) is 11.9 Å². The standard InChI is InChI=1S/C26H26FN3O3/c1-18(2)29(3)26-23(24(28-33-26)19-9-5-4-6-10-19)17-30(16-22-13-8-14-32-22)25(31)20-11-7-12-21(27)15-20/h4-15,18H,16-17H2,1-3H3. The molecule has 33 heavy (non-hydrogen) atoms. The molecule has 170 valence electrons. The third-order valence-corrected chi connectivity index (χ3v) is 5.54. The monoisotopic (exact) mass is 447 g/mol. The van der Waals surface area contributed by atoms with Crippen LogP contribution in [-0.2, 0) is 13.1 Å². The molecule has 1 amide bonds. The Morgan fingerprint density at radius 3 is 2.48 bits per heavy atom. The third-order valence-electron chi connectivity index (χ3n) is 5.54. The molecule has 0 aliphatic rings. The van der Waals surface area contributed by atoms with Crippen molar-refractivity contribution in [2.24, 2.45) is 0 Å². The van der Waals surface area contributed by atoms with Crippen LogP contribution >= 0.6 is 0 Å². The molecule has 0 spiro atoms. The molecule has 4 aromatic rings. The first-order valence-corrected chi connectivity index (χ1v) is 10.8. The first-order valence-electron chi connectivity index (χ1n) is 10.8. The van der Waals surface area contributed by atoms with Crippen LogP contribution in [0.3, 0.4) is 0 Å². The van der Waals surface area contributed by atoms with Crippen molar-refractivity contribution in [2.45, 2.75) is 33.0 Å². The second-order valence-corrected chi connectivity index (χ2v) is 8.14. The van der Waals surface area contributed by atoms with Gasteiger partial charge in [-0.2, -0.15) is 0 Å². The van der Waals surface area contributed by atoms with E-state index in [-0.39, 0.29) is 30.6 Å². The third kappa shape index (κ3) is 4.98. The number of carbonyl (C=O) groups is 1. The zero-order valence-corrected chi connectivity index (χ0v) is 18.9. The van der Waals surface area contributed by atoms with Crippen LogP contribution in [0.1, 0.15) is 35.5 Å². The minimum atomic E-state index is -0.464. The molecule has 0 bridgehead atoms. The number of nitrogens with zero attached hydrogens (tertiary/aromatic N) is 3. The second-order valence-electron chi connectivity index (χ2n) is 8.14. The van der Waals surface area contributed by atoms with Crippen LogP contribution in [0.25, 0.3) is 11.3 Å². The van der Waals surface area contributed by atoms with Crippen molar-refractivity contribution in [3.05, 3.63) is 95.7 Å². The zero-order chi connectivity index (χ0) is 23.4. The maximum Gasteiger partial charge on any atom is 0.254 e. The number of carbonyl (C=O) groups excluding carboxylic acids is 1. The molecule has 2 aromatic carbocycles. The van der Waals surface area contributed by atoms with Crippen LogP contribution in [0.5, 0.6) is 0 Å². The first kappa shape index (κ1) is 22.3. The number of halogens is 1. The molecule has 0 aliphatic heterocycles. The summed E-state index contributed by atoms with van der Waals surface area (Å²) in [5.41, 5.74) is 2.58. The lowest BCUT2D eigenvalue weighted by atomic mass is 10.1. The summed E-state index contributed by atoms with van der Waals surface area (Å²) in [5, 5.41) is 4.35. The second kappa shape index (κ2) is 9.73. The smallest absolute Gasteiger partial charge is 0.254 e. The van der Waals surface area contributed by atoms with Crippen molar-refractivity contribution < 1.29 is 18.1 Å². The number of hydrogen-bond acceptors (Lipinski definition) is 5. The average molecular weight is 448 g/mol. The fourth-order valence-corrected chi connectivity index (χ4v) is 3.56. The van der Waals surface area contributed by atoms with Crippen molar-refractivity contribution in [3.8, 4) is 11.3 Å². The van der Waals surface area contributed by atoms with E-state index in [4.69, 9.17) is 8.94 Å². The van der Waals surface area contributed by atoms with Gasteiger partial charge in [0.15, 0.2) is 0 Å². The highest BCUT2D eigenvalue weighted by Gasteiger charge is 2.27. The Hall–Kier alpha value is -3.87. The molecule has 0 fully saturated rings. The van der Waals surface area contributed by atoms with Gasteiger partial charge in [-0.3, -0.25) is 4.79 Å². The minimum absolute atomic E-state index is 0.151. The van der Waals surface area contributed by atoms with Gasteiger partial charge in [0.25, 0.3) is 5.91 Å². The lowest BCUT2D eigenvalue weighted by Gasteiger charge is -2.25. The maximum absolute atomic E-state index is 13.9. The number of rotatable bonds is 8. The highest BCUT2D eigenvalue weighted by molar-refractivity contribution is 5.94. The quantitative estimate of drug-likeness (QED) is 0.344. The maximum atomic E-state index is 13.9. The Morgan fingerprint density at radius 2 is 1.82 bits per heavy atom. The number of benzene rings is 2. The largest absolute Gasteiger partial charge is 0.467 e. The Morgan fingerprint density at radius 1 is 1.03 bits per heavy atom. The van der Waals surface area contributed by atoms with Gasteiger partial charge < -0.3 is 18.7 Å². The molecule has 6 nitrogen and oxygen atoms in total. The van der Waals surface area contributed by atoms with Gasteiger partial charge >= 0.3 is 0 Å². The lowest BCUT2D eigenvalue weighted by Crippen LogP contribution is -2.32. The first-order chi connectivity index (χ1) is 15.9. The van der Waals surface area contributed by atoms with Gasteiger partial charge in [-0.1, -0.05) is 41.6 Å². The van der Waals surface area contributed by atoms with E-state index in [0.29, 0.717) is 17.3 Å². The number of anilines is 1. The predicted octanol–water partition coefficient (Wildman–Crippen LogP) is 5.76. The SMILES string of the molecule is CC(C)N(C)c1onc(-c2ccccc2)c1CN(Cc1ccco1)C(=O)c1cccc(F)c1. The van der Waals surface area contributed by atoms with E-state index in [1.165, 1.54) is 18.2 Å². The summed E-state index contributed by atoms with van der Waals surface area (Å²) in [5.74, 6) is 0.426. The van der Waals surface area contributed by atoms with Gasteiger partial charge in [0.1, 0.15) is 17.3 Å². The van der Waals surface area contributed by atoms with Gasteiger partial charge in [-0.05, 0) is 44.2 Å². The fraction of sp³-hybridized carbons (Fsp3) is 0.231. The van der Waals surface area contributed by atoms with Gasteiger partial charge in [0.05, 0.1) is 24.9 Å². The summed E-state index contributed by atoms with van der Waals surface area (Å²) in [7, 11) is 1.93. The molecule has 0 aliphatic carbocycles. The van der Waals surface area contributed by atoms with E-state index >= 15 is 0 Å². The number of hydrogen-bond donors (Lipinski definition) is 0. The topological polar surface area (TPSA) is 62.7 Å². The number of amides is 1. The molecule has 4 rings (SSSR count). The zero-order valence-electron chi connectivity index (χ0n) is 18.9. The van der Waals surface area contributed by atoms with Gasteiger partial charge in [0.2, 0.25) is 5.88 Å². The van der Waals surface area contributed by atoms with Crippen LogP contribution in [0.2, 0.25) is 0 Å². The van der Waals surface area contributed by atoms with E-state index < -0.39 is 5.82 Å². The summed E-state index contributed by atoms with van der Waals surface area (Å²) in [6, 6.07) is 19.1. The lowest BCUT2D eigenvalue weighted by molar-refractivity contribution is 0.0717. The minimum Gasteiger partial charge on any atom is -0.467 e. The Bertz CT molecular complexity index is 1200. The van der Waals surface area contributed by atoms with E-state index in [2.05, 4.69) is 5.16 Å². The molecule has 0 radical (unpaired) electrons. The summed E-state index contributed by atoms with van der Waals surface area (Å²) in [4.78, 5) is 17.1. The number of aromatic nitrogens is 1. The number of furan rings is 1. The molecule has 0 saturated heterocycles. The molecule has 7 heteroatoms. The van der Waals surface area contributed by atoms with Gasteiger partial charge in [-0.25, -0.2) is 4.39 Å². The van der Waals surface area contributed by atoms with Crippen molar-refractivity contribution in [1.82, 2.24) is 10.1 Å². The average Bonchev–Trinajstić information content (AvgIpc) is 3.48. The summed E-state index contributed by atoms with van der Waals surface area (Å²) >= 11 is 0. The Balaban J connectivity index is 1.77. The summed E-state index contributed by atoms with van der Waals surface area (Å²) in [6.07, 6.45) is 1.56. The molecule has 0 saturated carbocycles. The molecule has 0 N–H and O–H groups in total. The molecular formula is C26H26FN3O3. The van der Waals surface area contributed by atoms with Crippen molar-refractivity contribution >= 4 is 11.8 Å². The predicted molar refractivity (Wildman–Crippen MR) is 124 cm³/mol. The van der Waals surface area contributed by atoms with Gasteiger partial charge in [-0.15, -0.1) is 0 Å². The molecule has 0 atom stereocenters. The van der Waals surface area contributed by atoms with Crippen LogP contribution in [-0.4, -0.2) is 29.1 Å². The van der Waals surface area contributed by atoms with Crippen LogP contribution in [0.15, 0.2) is 81.9 Å². The molecule has 2 aromatic heterocycles. The van der Waals surface area contributed by atoms with Crippen molar-refractivity contribution in [3.63, 3.8) is 0 Å². The molecular weight excluding hydrogens is 421 g/mol. The van der Waals surface area contributed by atoms with E-state index in [9.17, 15) is 9.18 Å². The van der Waals surface area contributed by atoms with Crippen LogP contribution < -0.4 is 4.90 Å². The van der Waals surface area contributed by atoms with E-state index in [1.807, 2.05) is 56.1 Å². The summed E-state index contributed by atoms with van der Waals surface area (Å²) < 4.78 is 25.1. The van der Waals surface area contributed by atoms with Crippen molar-refractivity contribution in [1.29, 1.82) is 0 Å². The Labute approximate surface area is 192 Å². The molecule has 0 unspecified atom stereocenters. The normalized spacial score (nSPS) is 11.1. The fourth-order valence-electron chi connectivity index (χ4n) is 3.56. The van der Waals surface area contributed by atoms with Gasteiger partial charge in [0, 0.05) is 24.2 Å². The summed E-state index contributed by atoms with van der Waals surface area (Å²) in [6.45, 7) is 4.52. The molecule has 2 heterocycles. The highest BCUT2D eigenvalue weighted by atomic mass is 19.1. The van der Waals surface area contributed by atoms with E-state index in [0.717, 1.165) is 11.1 Å². The Kier molecular flexibility index (Phi) is 6.58. The van der Waals surface area contributed by atoms with Crippen LogP contribution in [0.4, 0.5) is 10.3 Å². The van der Waals surface area contributed by atoms with E-state index in [1.54, 1.807) is 29.4 Å². The highest BCUT2D eigenvalue weighted by Crippen LogP contribution is 2.33.